The number of nitrogens with zero attached hydrogens (tertiary/aromatic N) is 7. The summed E-state index contributed by atoms with van der Waals surface area (Å²) in [7, 11) is 1.87. The molecule has 0 radical (unpaired) electrons. The Morgan fingerprint density at radius 2 is 1.78 bits per heavy atom. The Bertz CT molecular complexity index is 2220. The molecule has 0 bridgehead atoms. The number of hydrogen-bond donors (Lipinski definition) is 2. The second kappa shape index (κ2) is 14.6. The molecule has 2 amide bonds. The number of carbonyl (C=O) groups excluding carboxylic acids is 2. The summed E-state index contributed by atoms with van der Waals surface area (Å²) in [5.41, 5.74) is 4.19. The van der Waals surface area contributed by atoms with Gasteiger partial charge in [-0.2, -0.15) is 5.10 Å². The van der Waals surface area contributed by atoms with Crippen molar-refractivity contribution in [2.45, 2.75) is 51.5 Å². The Hall–Kier alpha value is -5.08. The van der Waals surface area contributed by atoms with E-state index in [4.69, 9.17) is 16.3 Å². The fourth-order valence-electron chi connectivity index (χ4n) is 8.05. The van der Waals surface area contributed by atoms with Crippen LogP contribution in [0.2, 0.25) is 5.02 Å². The largest absolute Gasteiger partial charge is 0.453 e. The molecule has 0 unspecified atom stereocenters. The quantitative estimate of drug-likeness (QED) is 0.175. The molecule has 3 aliphatic rings. The molecule has 282 valence electrons. The molecule has 0 aliphatic carbocycles. The van der Waals surface area contributed by atoms with E-state index in [1.807, 2.05) is 37.2 Å². The minimum Gasteiger partial charge on any atom is -0.453 e. The molecule has 12 nitrogen and oxygen atoms in total. The number of rotatable bonds is 8. The molecule has 0 spiro atoms. The first-order chi connectivity index (χ1) is 26.0. The van der Waals surface area contributed by atoms with E-state index in [0.29, 0.717) is 58.6 Å². The summed E-state index contributed by atoms with van der Waals surface area (Å²) in [4.78, 5) is 43.0. The molecule has 3 aliphatic heterocycles. The monoisotopic (exact) mass is 757 g/mol. The van der Waals surface area contributed by atoms with Crippen LogP contribution in [-0.2, 0) is 16.6 Å². The summed E-state index contributed by atoms with van der Waals surface area (Å²) >= 11 is 6.57. The SMILES string of the molecule is Cc1nn(C)cc1-c1nc2ncc(Cl)c(Oc3ccc(N4CCN(CC5CCN(c6cc(F)c([C@H]7CCC(=O)NC7=O)cc6F)CC5)[C@@H](C)C4)cc3)c2[nH]1. The Balaban J connectivity index is 0.850. The number of ether oxygens (including phenoxy) is 1. The number of aromatic amines is 1. The number of carbonyl (C=O) groups is 2. The van der Waals surface area contributed by atoms with Crippen LogP contribution in [0.15, 0.2) is 48.8 Å². The maximum absolute atomic E-state index is 15.3. The number of amides is 2. The van der Waals surface area contributed by atoms with Crippen molar-refractivity contribution in [3.8, 4) is 22.9 Å². The zero-order valence-electron chi connectivity index (χ0n) is 30.4. The highest BCUT2D eigenvalue weighted by Crippen LogP contribution is 2.37. The molecule has 2 atom stereocenters. The normalized spacial score (nSPS) is 20.2. The molecular weight excluding hydrogens is 716 g/mol. The number of halogens is 3. The maximum Gasteiger partial charge on any atom is 0.234 e. The highest BCUT2D eigenvalue weighted by molar-refractivity contribution is 6.32. The number of benzene rings is 2. The van der Waals surface area contributed by atoms with E-state index in [0.717, 1.165) is 62.0 Å². The third kappa shape index (κ3) is 7.12. The number of nitrogens with one attached hydrogen (secondary N) is 2. The van der Waals surface area contributed by atoms with Gasteiger partial charge in [0.1, 0.15) is 33.7 Å². The fourth-order valence-corrected chi connectivity index (χ4v) is 8.24. The summed E-state index contributed by atoms with van der Waals surface area (Å²) in [5, 5.41) is 7.02. The summed E-state index contributed by atoms with van der Waals surface area (Å²) in [6.45, 7) is 9.08. The third-order valence-electron chi connectivity index (χ3n) is 11.0. The Morgan fingerprint density at radius 1 is 1.00 bits per heavy atom. The molecule has 0 saturated carbocycles. The summed E-state index contributed by atoms with van der Waals surface area (Å²) < 4.78 is 38.5. The van der Waals surface area contributed by atoms with E-state index in [9.17, 15) is 9.59 Å². The van der Waals surface area contributed by atoms with Gasteiger partial charge in [0, 0.05) is 82.3 Å². The van der Waals surface area contributed by atoms with Crippen molar-refractivity contribution >= 4 is 46.0 Å². The van der Waals surface area contributed by atoms with Gasteiger partial charge in [-0.1, -0.05) is 11.6 Å². The van der Waals surface area contributed by atoms with Crippen LogP contribution in [-0.4, -0.2) is 86.8 Å². The van der Waals surface area contributed by atoms with Gasteiger partial charge >= 0.3 is 0 Å². The number of piperidine rings is 2. The van der Waals surface area contributed by atoms with E-state index in [-0.39, 0.29) is 30.0 Å². The van der Waals surface area contributed by atoms with E-state index < -0.39 is 23.5 Å². The molecule has 15 heteroatoms. The minimum absolute atomic E-state index is 0.00509. The standard InChI is InChI=1S/C39H42ClF2N9O3/c1-22-19-51(25-4-6-26(7-5-25)54-36-30(40)18-43-38-35(36)45-37(46-38)29-21-48(3)47-23(29)2)15-14-50(22)20-24-10-12-49(13-11-24)33-17-31(41)28(16-32(33)42)27-8-9-34(52)44-39(27)53/h4-7,16-18,21-22,24,27H,8-15,19-20H2,1-3H3,(H,43,45,46)(H,44,52,53)/t22-,27+/m0/s1. The highest BCUT2D eigenvalue weighted by Gasteiger charge is 2.33. The van der Waals surface area contributed by atoms with Gasteiger partial charge in [-0.25, -0.2) is 18.7 Å². The van der Waals surface area contributed by atoms with Crippen molar-refractivity contribution in [1.82, 2.24) is 34.9 Å². The molecule has 6 heterocycles. The number of aromatic nitrogens is 5. The van der Waals surface area contributed by atoms with Crippen LogP contribution in [0.3, 0.4) is 0 Å². The predicted octanol–water partition coefficient (Wildman–Crippen LogP) is 6.34. The summed E-state index contributed by atoms with van der Waals surface area (Å²) in [5.74, 6) is -0.780. The highest BCUT2D eigenvalue weighted by atomic mass is 35.5. The molecule has 8 rings (SSSR count). The minimum atomic E-state index is -0.864. The van der Waals surface area contributed by atoms with Crippen molar-refractivity contribution in [1.29, 1.82) is 0 Å². The van der Waals surface area contributed by atoms with E-state index in [1.165, 1.54) is 6.07 Å². The first-order valence-corrected chi connectivity index (χ1v) is 18.8. The van der Waals surface area contributed by atoms with Crippen LogP contribution in [0.1, 0.15) is 49.8 Å². The van der Waals surface area contributed by atoms with Gasteiger partial charge in [-0.15, -0.1) is 0 Å². The molecule has 2 N–H and O–H groups in total. The average Bonchev–Trinajstić information content (AvgIpc) is 3.74. The predicted molar refractivity (Wildman–Crippen MR) is 202 cm³/mol. The Morgan fingerprint density at radius 3 is 2.48 bits per heavy atom. The number of H-pyrrole nitrogens is 1. The van der Waals surface area contributed by atoms with Crippen LogP contribution < -0.4 is 19.9 Å². The van der Waals surface area contributed by atoms with Gasteiger partial charge in [-0.05, 0) is 69.4 Å². The van der Waals surface area contributed by atoms with Crippen molar-refractivity contribution < 1.29 is 23.1 Å². The Labute approximate surface area is 316 Å². The maximum atomic E-state index is 15.3. The molecular formula is C39H42ClF2N9O3. The molecule has 3 aromatic heterocycles. The first-order valence-electron chi connectivity index (χ1n) is 18.4. The first kappa shape index (κ1) is 35.9. The number of pyridine rings is 1. The van der Waals surface area contributed by atoms with Gasteiger partial charge in [0.2, 0.25) is 11.8 Å². The second-order valence-electron chi connectivity index (χ2n) is 14.7. The molecule has 3 saturated heterocycles. The lowest BCUT2D eigenvalue weighted by Crippen LogP contribution is -2.53. The van der Waals surface area contributed by atoms with Gasteiger partial charge in [0.25, 0.3) is 0 Å². The van der Waals surface area contributed by atoms with Crippen molar-refractivity contribution in [2.75, 3.05) is 49.1 Å². The number of imide groups is 1. The lowest BCUT2D eigenvalue weighted by atomic mass is 9.89. The van der Waals surface area contributed by atoms with Crippen LogP contribution in [0.4, 0.5) is 20.2 Å². The third-order valence-corrected chi connectivity index (χ3v) is 11.3. The zero-order valence-corrected chi connectivity index (χ0v) is 31.2. The Kier molecular flexibility index (Phi) is 9.73. The van der Waals surface area contributed by atoms with E-state index in [2.05, 4.69) is 54.2 Å². The lowest BCUT2D eigenvalue weighted by Gasteiger charge is -2.43. The van der Waals surface area contributed by atoms with Gasteiger partial charge < -0.3 is 19.5 Å². The van der Waals surface area contributed by atoms with E-state index in [1.54, 1.807) is 10.9 Å². The number of fused-ring (bicyclic) bond motifs is 1. The van der Waals surface area contributed by atoms with Crippen LogP contribution in [0, 0.1) is 24.5 Å². The molecule has 3 fully saturated rings. The van der Waals surface area contributed by atoms with Crippen LogP contribution in [0.25, 0.3) is 22.6 Å². The summed E-state index contributed by atoms with van der Waals surface area (Å²) in [6, 6.07) is 10.7. The summed E-state index contributed by atoms with van der Waals surface area (Å²) in [6.07, 6.45) is 5.49. The number of piperazine rings is 1. The molecule has 54 heavy (non-hydrogen) atoms. The topological polar surface area (TPSA) is 125 Å². The number of aryl methyl sites for hydroxylation is 2. The molecule has 5 aromatic rings. The number of hydrogen-bond acceptors (Lipinski definition) is 9. The van der Waals surface area contributed by atoms with Crippen molar-refractivity contribution in [3.05, 3.63) is 76.7 Å². The van der Waals surface area contributed by atoms with Crippen LogP contribution in [0.5, 0.6) is 11.5 Å². The smallest absolute Gasteiger partial charge is 0.234 e. The number of anilines is 2. The molecule has 2 aromatic carbocycles. The fraction of sp³-hybridized carbons (Fsp3) is 0.410. The van der Waals surface area contributed by atoms with Gasteiger partial charge in [0.15, 0.2) is 11.4 Å². The zero-order chi connectivity index (χ0) is 37.7. The van der Waals surface area contributed by atoms with Gasteiger partial charge in [0.05, 0.1) is 29.1 Å². The van der Waals surface area contributed by atoms with Crippen molar-refractivity contribution in [2.24, 2.45) is 13.0 Å². The average molecular weight is 758 g/mol. The van der Waals surface area contributed by atoms with Crippen LogP contribution >= 0.6 is 11.6 Å². The lowest BCUT2D eigenvalue weighted by molar-refractivity contribution is -0.134. The number of imidazole rings is 1. The second-order valence-corrected chi connectivity index (χ2v) is 15.1. The van der Waals surface area contributed by atoms with Gasteiger partial charge in [-0.3, -0.25) is 24.5 Å². The van der Waals surface area contributed by atoms with E-state index >= 15 is 8.78 Å². The van der Waals surface area contributed by atoms with Crippen molar-refractivity contribution in [3.63, 3.8) is 0 Å².